The van der Waals surface area contributed by atoms with Crippen LogP contribution in [0, 0.1) is 5.82 Å². The second-order valence-electron chi connectivity index (χ2n) is 6.81. The van der Waals surface area contributed by atoms with Crippen molar-refractivity contribution >= 4 is 25.8 Å². The number of carbonyl (C=O) groups is 1. The molecule has 8 nitrogen and oxygen atoms in total. The van der Waals surface area contributed by atoms with Crippen molar-refractivity contribution in [1.82, 2.24) is 14.5 Å². The lowest BCUT2D eigenvalue weighted by Crippen LogP contribution is -2.51. The Morgan fingerprint density at radius 1 is 1.22 bits per heavy atom. The Kier molecular flexibility index (Phi) is 5.84. The van der Waals surface area contributed by atoms with Crippen LogP contribution < -0.4 is 5.32 Å². The van der Waals surface area contributed by atoms with Gasteiger partial charge in [0.1, 0.15) is 5.82 Å². The molecule has 0 aromatic heterocycles. The summed E-state index contributed by atoms with van der Waals surface area (Å²) < 4.78 is 62.6. The molecule has 2 saturated heterocycles. The maximum atomic E-state index is 13.3. The lowest BCUT2D eigenvalue weighted by molar-refractivity contribution is -0.123. The van der Waals surface area contributed by atoms with Crippen LogP contribution in [0.5, 0.6) is 0 Å². The van der Waals surface area contributed by atoms with E-state index in [-0.39, 0.29) is 48.0 Å². The van der Waals surface area contributed by atoms with Crippen molar-refractivity contribution in [2.45, 2.75) is 17.4 Å². The summed E-state index contributed by atoms with van der Waals surface area (Å²) in [5, 5.41) is 2.72. The minimum absolute atomic E-state index is 0.0294. The van der Waals surface area contributed by atoms with Crippen LogP contribution in [0.25, 0.3) is 0 Å². The SMILES string of the molecule is O=C(CN1CCN(S(=O)(=O)c2cccc(F)c2)CC1)NC1CCS(=O)(=O)C1. The summed E-state index contributed by atoms with van der Waals surface area (Å²) in [6.45, 7) is 1.22. The molecule has 0 saturated carbocycles. The quantitative estimate of drug-likeness (QED) is 0.686. The summed E-state index contributed by atoms with van der Waals surface area (Å²) in [6.07, 6.45) is 0.424. The van der Waals surface area contributed by atoms with Gasteiger partial charge in [0.15, 0.2) is 9.84 Å². The molecule has 1 aromatic carbocycles. The first-order chi connectivity index (χ1) is 12.7. The highest BCUT2D eigenvalue weighted by Gasteiger charge is 2.31. The normalized spacial score (nSPS) is 24.0. The number of carbonyl (C=O) groups excluding carboxylic acids is 1. The van der Waals surface area contributed by atoms with Crippen LogP contribution >= 0.6 is 0 Å². The number of hydrogen-bond acceptors (Lipinski definition) is 6. The van der Waals surface area contributed by atoms with Gasteiger partial charge in [0.05, 0.1) is 22.9 Å². The Bertz CT molecular complexity index is 912. The van der Waals surface area contributed by atoms with Crippen LogP contribution in [0.3, 0.4) is 0 Å². The summed E-state index contributed by atoms with van der Waals surface area (Å²) in [7, 11) is -6.82. The minimum Gasteiger partial charge on any atom is -0.351 e. The van der Waals surface area contributed by atoms with Gasteiger partial charge in [0, 0.05) is 32.2 Å². The van der Waals surface area contributed by atoms with E-state index in [0.717, 1.165) is 6.07 Å². The van der Waals surface area contributed by atoms with E-state index in [1.54, 1.807) is 0 Å². The fourth-order valence-electron chi connectivity index (χ4n) is 3.29. The van der Waals surface area contributed by atoms with E-state index in [9.17, 15) is 26.0 Å². The van der Waals surface area contributed by atoms with E-state index in [0.29, 0.717) is 19.5 Å². The first-order valence-corrected chi connectivity index (χ1v) is 11.9. The van der Waals surface area contributed by atoms with Crippen molar-refractivity contribution < 1.29 is 26.0 Å². The average molecular weight is 420 g/mol. The number of sulfonamides is 1. The number of nitrogens with zero attached hydrogens (tertiary/aromatic N) is 2. The highest BCUT2D eigenvalue weighted by atomic mass is 32.2. The molecule has 2 aliphatic heterocycles. The molecule has 2 aliphatic rings. The molecule has 0 bridgehead atoms. The number of nitrogens with one attached hydrogen (secondary N) is 1. The fourth-order valence-corrected chi connectivity index (χ4v) is 6.42. The van der Waals surface area contributed by atoms with Crippen molar-refractivity contribution in [3.05, 3.63) is 30.1 Å². The zero-order valence-electron chi connectivity index (χ0n) is 14.7. The van der Waals surface area contributed by atoms with Gasteiger partial charge in [-0.25, -0.2) is 21.2 Å². The van der Waals surface area contributed by atoms with Gasteiger partial charge in [0.2, 0.25) is 15.9 Å². The van der Waals surface area contributed by atoms with Crippen molar-refractivity contribution in [3.8, 4) is 0 Å². The predicted octanol–water partition coefficient (Wildman–Crippen LogP) is -0.565. The van der Waals surface area contributed by atoms with Crippen LogP contribution in [0.15, 0.2) is 29.2 Å². The molecule has 0 aliphatic carbocycles. The van der Waals surface area contributed by atoms with Crippen molar-refractivity contribution in [2.75, 3.05) is 44.2 Å². The third kappa shape index (κ3) is 5.03. The lowest BCUT2D eigenvalue weighted by atomic mass is 10.2. The standard InChI is InChI=1S/C16H22FN3O5S2/c17-13-2-1-3-15(10-13)27(24,25)20-7-5-19(6-8-20)11-16(21)18-14-4-9-26(22,23)12-14/h1-3,10,14H,4-9,11-12H2,(H,18,21). The molecule has 1 aromatic rings. The van der Waals surface area contributed by atoms with Crippen LogP contribution in [0.4, 0.5) is 4.39 Å². The Morgan fingerprint density at radius 3 is 2.52 bits per heavy atom. The number of hydrogen-bond donors (Lipinski definition) is 1. The molecule has 1 amide bonds. The second-order valence-corrected chi connectivity index (χ2v) is 11.0. The highest BCUT2D eigenvalue weighted by molar-refractivity contribution is 7.91. The third-order valence-corrected chi connectivity index (χ3v) is 8.39. The van der Waals surface area contributed by atoms with Gasteiger partial charge in [-0.2, -0.15) is 4.31 Å². The third-order valence-electron chi connectivity index (χ3n) is 4.73. The summed E-state index contributed by atoms with van der Waals surface area (Å²) >= 11 is 0. The largest absolute Gasteiger partial charge is 0.351 e. The molecule has 1 atom stereocenters. The maximum absolute atomic E-state index is 13.3. The zero-order chi connectivity index (χ0) is 19.7. The van der Waals surface area contributed by atoms with Crippen LogP contribution in [0.2, 0.25) is 0 Å². The molecule has 2 heterocycles. The van der Waals surface area contributed by atoms with Crippen LogP contribution in [0.1, 0.15) is 6.42 Å². The first-order valence-electron chi connectivity index (χ1n) is 8.64. The number of sulfone groups is 1. The average Bonchev–Trinajstić information content (AvgIpc) is 2.93. The molecular weight excluding hydrogens is 397 g/mol. The molecule has 1 N–H and O–H groups in total. The summed E-state index contributed by atoms with van der Waals surface area (Å²) in [6, 6.07) is 4.53. The van der Waals surface area contributed by atoms with E-state index in [2.05, 4.69) is 5.32 Å². The van der Waals surface area contributed by atoms with Gasteiger partial charge in [-0.15, -0.1) is 0 Å². The maximum Gasteiger partial charge on any atom is 0.243 e. The lowest BCUT2D eigenvalue weighted by Gasteiger charge is -2.33. The zero-order valence-corrected chi connectivity index (χ0v) is 16.3. The number of benzene rings is 1. The molecule has 0 spiro atoms. The summed E-state index contributed by atoms with van der Waals surface area (Å²) in [4.78, 5) is 13.8. The Hall–Kier alpha value is -1.56. The minimum atomic E-state index is -3.77. The monoisotopic (exact) mass is 419 g/mol. The van der Waals surface area contributed by atoms with Crippen molar-refractivity contribution in [1.29, 1.82) is 0 Å². The molecule has 150 valence electrons. The second kappa shape index (κ2) is 7.82. The van der Waals surface area contributed by atoms with E-state index in [1.807, 2.05) is 4.90 Å². The summed E-state index contributed by atoms with van der Waals surface area (Å²) in [5.41, 5.74) is 0. The van der Waals surface area contributed by atoms with Gasteiger partial charge in [-0.3, -0.25) is 9.69 Å². The van der Waals surface area contributed by atoms with Crippen molar-refractivity contribution in [3.63, 3.8) is 0 Å². The smallest absolute Gasteiger partial charge is 0.243 e. The predicted molar refractivity (Wildman–Crippen MR) is 96.8 cm³/mol. The Balaban J connectivity index is 1.51. The first kappa shape index (κ1) is 20.2. The van der Waals surface area contributed by atoms with Crippen molar-refractivity contribution in [2.24, 2.45) is 0 Å². The molecular formula is C16H22FN3O5S2. The molecule has 27 heavy (non-hydrogen) atoms. The molecule has 1 unspecified atom stereocenters. The Labute approximate surface area is 158 Å². The van der Waals surface area contributed by atoms with E-state index < -0.39 is 25.7 Å². The van der Waals surface area contributed by atoms with Gasteiger partial charge in [-0.1, -0.05) is 6.07 Å². The molecule has 11 heteroatoms. The fraction of sp³-hybridized carbons (Fsp3) is 0.562. The summed E-state index contributed by atoms with van der Waals surface area (Å²) in [5.74, 6) is -0.814. The van der Waals surface area contributed by atoms with Gasteiger partial charge < -0.3 is 5.32 Å². The van der Waals surface area contributed by atoms with E-state index >= 15 is 0 Å². The van der Waals surface area contributed by atoms with Gasteiger partial charge in [-0.05, 0) is 24.6 Å². The molecule has 3 rings (SSSR count). The topological polar surface area (TPSA) is 104 Å². The number of halogens is 1. The van der Waals surface area contributed by atoms with Crippen LogP contribution in [-0.2, 0) is 24.7 Å². The number of amides is 1. The molecule has 0 radical (unpaired) electrons. The van der Waals surface area contributed by atoms with Crippen LogP contribution in [-0.4, -0.2) is 82.2 Å². The van der Waals surface area contributed by atoms with Gasteiger partial charge in [0.25, 0.3) is 0 Å². The highest BCUT2D eigenvalue weighted by Crippen LogP contribution is 2.18. The number of piperazine rings is 1. The van der Waals surface area contributed by atoms with E-state index in [1.165, 1.54) is 22.5 Å². The number of rotatable bonds is 5. The Morgan fingerprint density at radius 2 is 1.93 bits per heavy atom. The van der Waals surface area contributed by atoms with E-state index in [4.69, 9.17) is 0 Å². The van der Waals surface area contributed by atoms with Gasteiger partial charge >= 0.3 is 0 Å². The molecule has 2 fully saturated rings.